The van der Waals surface area contributed by atoms with E-state index in [2.05, 4.69) is 14.8 Å². The minimum Gasteiger partial charge on any atom is -0.466 e. The van der Waals surface area contributed by atoms with E-state index in [1.165, 1.54) is 0 Å². The fraction of sp³-hybridized carbons (Fsp3) is 0.385. The van der Waals surface area contributed by atoms with Gasteiger partial charge >= 0.3 is 11.9 Å². The Morgan fingerprint density at radius 1 is 1.05 bits per heavy atom. The van der Waals surface area contributed by atoms with Gasteiger partial charge in [-0.25, -0.2) is 13.2 Å². The Labute approximate surface area is 119 Å². The first-order valence-electron chi connectivity index (χ1n) is 6.13. The number of halogens is 3. The van der Waals surface area contributed by atoms with E-state index in [9.17, 15) is 22.8 Å². The van der Waals surface area contributed by atoms with Crippen LogP contribution in [0, 0.1) is 17.5 Å². The lowest BCUT2D eigenvalue weighted by Gasteiger charge is -2.08. The molecule has 0 aliphatic heterocycles. The average molecular weight is 305 g/mol. The summed E-state index contributed by atoms with van der Waals surface area (Å²) in [7, 11) is 0. The van der Waals surface area contributed by atoms with Crippen molar-refractivity contribution in [2.75, 3.05) is 25.1 Å². The molecule has 1 aromatic carbocycles. The zero-order valence-electron chi connectivity index (χ0n) is 11.3. The molecule has 0 radical (unpaired) electrons. The molecule has 0 fully saturated rings. The fourth-order valence-corrected chi connectivity index (χ4v) is 1.36. The summed E-state index contributed by atoms with van der Waals surface area (Å²) in [6.45, 7) is 1.23. The molecule has 21 heavy (non-hydrogen) atoms. The maximum atomic E-state index is 13.2. The van der Waals surface area contributed by atoms with Crippen molar-refractivity contribution in [3.05, 3.63) is 29.6 Å². The van der Waals surface area contributed by atoms with Crippen LogP contribution in [-0.4, -0.2) is 31.7 Å². The molecule has 1 rings (SSSR count). The van der Waals surface area contributed by atoms with Gasteiger partial charge in [0.1, 0.15) is 19.0 Å². The van der Waals surface area contributed by atoms with E-state index in [1.54, 1.807) is 6.92 Å². The molecule has 0 unspecified atom stereocenters. The molecule has 1 N–H and O–H groups in total. The molecular formula is C13H14F3NO4. The molecule has 5 nitrogen and oxygen atoms in total. The van der Waals surface area contributed by atoms with Crippen LogP contribution in [-0.2, 0) is 19.1 Å². The van der Waals surface area contributed by atoms with Gasteiger partial charge in [0.2, 0.25) is 0 Å². The minimum absolute atomic E-state index is 0.0981. The standard InChI is InChI=1S/C13H14F3NO4/c1-2-20-12(18)3-4-21-13(19)7-17-11-6-9(15)8(14)5-10(11)16/h5-6,17H,2-4,7H2,1H3. The van der Waals surface area contributed by atoms with E-state index in [1.807, 2.05) is 0 Å². The second-order valence-electron chi connectivity index (χ2n) is 3.88. The average Bonchev–Trinajstić information content (AvgIpc) is 2.41. The van der Waals surface area contributed by atoms with Gasteiger partial charge in [-0.05, 0) is 6.92 Å². The Kier molecular flexibility index (Phi) is 6.51. The summed E-state index contributed by atoms with van der Waals surface area (Å²) in [5.74, 6) is -4.88. The molecule has 0 bridgehead atoms. The highest BCUT2D eigenvalue weighted by molar-refractivity contribution is 5.75. The first-order valence-corrected chi connectivity index (χ1v) is 6.13. The highest BCUT2D eigenvalue weighted by atomic mass is 19.2. The maximum Gasteiger partial charge on any atom is 0.325 e. The van der Waals surface area contributed by atoms with Crippen LogP contribution in [0.1, 0.15) is 13.3 Å². The molecule has 0 atom stereocenters. The lowest BCUT2D eigenvalue weighted by atomic mass is 10.3. The molecule has 0 aliphatic carbocycles. The normalized spacial score (nSPS) is 10.1. The molecule has 0 aromatic heterocycles. The van der Waals surface area contributed by atoms with Crippen molar-refractivity contribution in [1.29, 1.82) is 0 Å². The summed E-state index contributed by atoms with van der Waals surface area (Å²) >= 11 is 0. The van der Waals surface area contributed by atoms with Gasteiger partial charge in [-0.15, -0.1) is 0 Å². The highest BCUT2D eigenvalue weighted by Crippen LogP contribution is 2.18. The van der Waals surface area contributed by atoms with E-state index in [4.69, 9.17) is 0 Å². The van der Waals surface area contributed by atoms with Crippen molar-refractivity contribution in [2.24, 2.45) is 0 Å². The van der Waals surface area contributed by atoms with Gasteiger partial charge in [-0.2, -0.15) is 0 Å². The van der Waals surface area contributed by atoms with Crippen molar-refractivity contribution in [3.63, 3.8) is 0 Å². The smallest absolute Gasteiger partial charge is 0.325 e. The number of anilines is 1. The summed E-state index contributed by atoms with van der Waals surface area (Å²) in [4.78, 5) is 22.3. The molecule has 0 saturated heterocycles. The van der Waals surface area contributed by atoms with Gasteiger partial charge in [0.15, 0.2) is 11.6 Å². The van der Waals surface area contributed by atoms with Crippen LogP contribution in [0.15, 0.2) is 12.1 Å². The zero-order valence-corrected chi connectivity index (χ0v) is 11.3. The molecule has 0 amide bonds. The third-order valence-corrected chi connectivity index (χ3v) is 2.31. The zero-order chi connectivity index (χ0) is 15.8. The Bertz CT molecular complexity index is 522. The van der Waals surface area contributed by atoms with E-state index in [0.717, 1.165) is 0 Å². The number of rotatable bonds is 7. The third-order valence-electron chi connectivity index (χ3n) is 2.31. The summed E-state index contributed by atoms with van der Waals surface area (Å²) in [5.41, 5.74) is -0.365. The van der Waals surface area contributed by atoms with Gasteiger partial charge in [0.25, 0.3) is 0 Å². The number of carbonyl (C=O) groups excluding carboxylic acids is 2. The van der Waals surface area contributed by atoms with Gasteiger partial charge in [-0.1, -0.05) is 0 Å². The van der Waals surface area contributed by atoms with Crippen LogP contribution in [0.2, 0.25) is 0 Å². The second kappa shape index (κ2) is 8.13. The molecular weight excluding hydrogens is 291 g/mol. The lowest BCUT2D eigenvalue weighted by molar-refractivity contribution is -0.148. The molecule has 0 saturated carbocycles. The summed E-state index contributed by atoms with van der Waals surface area (Å²) in [6.07, 6.45) is -0.0981. The van der Waals surface area contributed by atoms with Crippen LogP contribution in [0.5, 0.6) is 0 Å². The van der Waals surface area contributed by atoms with Gasteiger partial charge in [-0.3, -0.25) is 9.59 Å². The SMILES string of the molecule is CCOC(=O)CCOC(=O)CNc1cc(F)c(F)cc1F. The Morgan fingerprint density at radius 3 is 2.38 bits per heavy atom. The van der Waals surface area contributed by atoms with Crippen molar-refractivity contribution in [1.82, 2.24) is 0 Å². The van der Waals surface area contributed by atoms with E-state index in [-0.39, 0.29) is 25.3 Å². The largest absolute Gasteiger partial charge is 0.466 e. The van der Waals surface area contributed by atoms with Crippen molar-refractivity contribution >= 4 is 17.6 Å². The lowest BCUT2D eigenvalue weighted by Crippen LogP contribution is -2.19. The number of hydrogen-bond donors (Lipinski definition) is 1. The predicted molar refractivity (Wildman–Crippen MR) is 67.0 cm³/mol. The second-order valence-corrected chi connectivity index (χ2v) is 3.88. The monoisotopic (exact) mass is 305 g/mol. The first kappa shape index (κ1) is 16.8. The van der Waals surface area contributed by atoms with E-state index >= 15 is 0 Å². The Balaban J connectivity index is 2.36. The maximum absolute atomic E-state index is 13.2. The third kappa shape index (κ3) is 5.72. The number of ether oxygens (including phenoxy) is 2. The van der Waals surface area contributed by atoms with Crippen LogP contribution in [0.3, 0.4) is 0 Å². The fourth-order valence-electron chi connectivity index (χ4n) is 1.36. The van der Waals surface area contributed by atoms with E-state index < -0.39 is 35.9 Å². The van der Waals surface area contributed by atoms with Crippen molar-refractivity contribution < 1.29 is 32.2 Å². The minimum atomic E-state index is -1.32. The van der Waals surface area contributed by atoms with Gasteiger partial charge in [0, 0.05) is 12.1 Å². The number of nitrogens with one attached hydrogen (secondary N) is 1. The van der Waals surface area contributed by atoms with Gasteiger partial charge in [0.05, 0.1) is 18.7 Å². The molecule has 1 aromatic rings. The van der Waals surface area contributed by atoms with Crippen molar-refractivity contribution in [3.8, 4) is 0 Å². The van der Waals surface area contributed by atoms with E-state index in [0.29, 0.717) is 12.1 Å². The molecule has 0 heterocycles. The molecule has 0 aliphatic rings. The summed E-state index contributed by atoms with van der Waals surface area (Å²) < 4.78 is 48.1. The van der Waals surface area contributed by atoms with Crippen LogP contribution in [0.4, 0.5) is 18.9 Å². The predicted octanol–water partition coefficient (Wildman–Crippen LogP) is 2.01. The quantitative estimate of drug-likeness (QED) is 0.616. The molecule has 8 heteroatoms. The molecule has 116 valence electrons. The number of carbonyl (C=O) groups is 2. The highest BCUT2D eigenvalue weighted by Gasteiger charge is 2.11. The first-order chi connectivity index (χ1) is 9.93. The Morgan fingerprint density at radius 2 is 1.71 bits per heavy atom. The van der Waals surface area contributed by atoms with Crippen LogP contribution in [0.25, 0.3) is 0 Å². The summed E-state index contributed by atoms with van der Waals surface area (Å²) in [5, 5.41) is 2.27. The number of esters is 2. The van der Waals surface area contributed by atoms with Crippen LogP contribution >= 0.6 is 0 Å². The molecule has 0 spiro atoms. The van der Waals surface area contributed by atoms with Crippen LogP contribution < -0.4 is 5.32 Å². The number of benzene rings is 1. The van der Waals surface area contributed by atoms with Crippen molar-refractivity contribution in [2.45, 2.75) is 13.3 Å². The Hall–Kier alpha value is -2.25. The summed E-state index contributed by atoms with van der Waals surface area (Å²) in [6, 6.07) is 0.959. The number of hydrogen-bond acceptors (Lipinski definition) is 5. The topological polar surface area (TPSA) is 64.6 Å². The van der Waals surface area contributed by atoms with Gasteiger partial charge < -0.3 is 14.8 Å².